The first-order valence-electron chi connectivity index (χ1n) is 8.41. The summed E-state index contributed by atoms with van der Waals surface area (Å²) < 4.78 is 5.67. The summed E-state index contributed by atoms with van der Waals surface area (Å²) >= 11 is 0. The quantitative estimate of drug-likeness (QED) is 0.641. The molecule has 0 aliphatic carbocycles. The highest BCUT2D eigenvalue weighted by atomic mass is 16.5. The third kappa shape index (κ3) is 4.52. The fourth-order valence-corrected chi connectivity index (χ4v) is 2.80. The second kappa shape index (κ2) is 8.19. The van der Waals surface area contributed by atoms with E-state index in [0.717, 1.165) is 17.2 Å². The Balaban J connectivity index is 1.90. The van der Waals surface area contributed by atoms with Crippen LogP contribution in [0.4, 0.5) is 0 Å². The normalized spacial score (nSPS) is 11.6. The minimum Gasteiger partial charge on any atom is -0.508 e. The molecule has 1 unspecified atom stereocenters. The van der Waals surface area contributed by atoms with Gasteiger partial charge >= 0.3 is 11.9 Å². The standard InChI is InChI=1S/C22H18O5/c23-17-11-12-18(19(14-17)21(24)25)22(26)27-20(16-9-5-2-6-10-16)13-15-7-3-1-4-8-15/h1-12,14,20,23H,13H2,(H,24,25). The highest BCUT2D eigenvalue weighted by Gasteiger charge is 2.23. The lowest BCUT2D eigenvalue weighted by atomic mass is 10.0. The molecule has 0 amide bonds. The van der Waals surface area contributed by atoms with Crippen molar-refractivity contribution in [2.24, 2.45) is 0 Å². The molecule has 0 spiro atoms. The summed E-state index contributed by atoms with van der Waals surface area (Å²) in [4.78, 5) is 24.1. The molecular formula is C22H18O5. The first-order chi connectivity index (χ1) is 13.0. The average Bonchev–Trinajstić information content (AvgIpc) is 2.68. The molecule has 0 aliphatic rings. The van der Waals surface area contributed by atoms with Crippen LogP contribution >= 0.6 is 0 Å². The maximum atomic E-state index is 12.7. The van der Waals surface area contributed by atoms with Crippen molar-refractivity contribution in [3.8, 4) is 5.75 Å². The summed E-state index contributed by atoms with van der Waals surface area (Å²) in [5.41, 5.74) is 1.40. The van der Waals surface area contributed by atoms with Gasteiger partial charge in [-0.25, -0.2) is 9.59 Å². The topological polar surface area (TPSA) is 83.8 Å². The number of phenolic OH excluding ortho intramolecular Hbond substituents is 1. The molecule has 0 saturated heterocycles. The van der Waals surface area contributed by atoms with Crippen LogP contribution in [0.2, 0.25) is 0 Å². The third-order valence-corrected chi connectivity index (χ3v) is 4.14. The van der Waals surface area contributed by atoms with Crippen molar-refractivity contribution in [2.45, 2.75) is 12.5 Å². The fraction of sp³-hybridized carbons (Fsp3) is 0.0909. The van der Waals surface area contributed by atoms with Crippen LogP contribution in [0.15, 0.2) is 78.9 Å². The number of hydrogen-bond acceptors (Lipinski definition) is 4. The summed E-state index contributed by atoms with van der Waals surface area (Å²) in [6.45, 7) is 0. The Labute approximate surface area is 156 Å². The van der Waals surface area contributed by atoms with Crippen LogP contribution in [0.1, 0.15) is 37.9 Å². The molecule has 3 aromatic carbocycles. The largest absolute Gasteiger partial charge is 0.508 e. The minimum atomic E-state index is -1.31. The molecule has 136 valence electrons. The second-order valence-corrected chi connectivity index (χ2v) is 6.03. The Hall–Kier alpha value is -3.60. The number of esters is 1. The molecule has 0 bridgehead atoms. The molecule has 0 radical (unpaired) electrons. The lowest BCUT2D eigenvalue weighted by molar-refractivity contribution is 0.0292. The summed E-state index contributed by atoms with van der Waals surface area (Å²) in [5.74, 6) is -2.29. The smallest absolute Gasteiger partial charge is 0.339 e. The van der Waals surface area contributed by atoms with Gasteiger partial charge in [0.25, 0.3) is 0 Å². The van der Waals surface area contributed by atoms with E-state index in [4.69, 9.17) is 4.74 Å². The van der Waals surface area contributed by atoms with Crippen LogP contribution in [0.25, 0.3) is 0 Å². The lowest BCUT2D eigenvalue weighted by Crippen LogP contribution is -2.17. The van der Waals surface area contributed by atoms with Gasteiger partial charge in [0.2, 0.25) is 0 Å². The molecule has 0 aliphatic heterocycles. The zero-order valence-electron chi connectivity index (χ0n) is 14.4. The van der Waals surface area contributed by atoms with Crippen molar-refractivity contribution >= 4 is 11.9 Å². The molecular weight excluding hydrogens is 344 g/mol. The first-order valence-corrected chi connectivity index (χ1v) is 8.41. The minimum absolute atomic E-state index is 0.103. The van der Waals surface area contributed by atoms with E-state index in [1.54, 1.807) is 0 Å². The van der Waals surface area contributed by atoms with Crippen LogP contribution in [-0.4, -0.2) is 22.2 Å². The van der Waals surface area contributed by atoms with E-state index in [1.807, 2.05) is 60.7 Å². The van der Waals surface area contributed by atoms with Crippen molar-refractivity contribution in [3.05, 3.63) is 101 Å². The molecule has 1 atom stereocenters. The monoisotopic (exact) mass is 362 g/mol. The van der Waals surface area contributed by atoms with Crippen molar-refractivity contribution in [3.63, 3.8) is 0 Å². The molecule has 5 nitrogen and oxygen atoms in total. The van der Waals surface area contributed by atoms with E-state index in [9.17, 15) is 19.8 Å². The van der Waals surface area contributed by atoms with Gasteiger partial charge in [-0.05, 0) is 29.3 Å². The highest BCUT2D eigenvalue weighted by Crippen LogP contribution is 2.25. The predicted molar refractivity (Wildman–Crippen MR) is 99.8 cm³/mol. The number of rotatable bonds is 6. The summed E-state index contributed by atoms with van der Waals surface area (Å²) in [6.07, 6.45) is -0.117. The molecule has 5 heteroatoms. The van der Waals surface area contributed by atoms with Crippen molar-refractivity contribution in [1.29, 1.82) is 0 Å². The van der Waals surface area contributed by atoms with Gasteiger partial charge in [0, 0.05) is 6.42 Å². The van der Waals surface area contributed by atoms with Crippen LogP contribution in [0, 0.1) is 0 Å². The molecule has 0 saturated carbocycles. The number of carboxylic acid groups (broad SMARTS) is 1. The van der Waals surface area contributed by atoms with Crippen LogP contribution in [-0.2, 0) is 11.2 Å². The lowest BCUT2D eigenvalue weighted by Gasteiger charge is -2.19. The number of phenols is 1. The van der Waals surface area contributed by atoms with E-state index in [1.165, 1.54) is 12.1 Å². The molecule has 3 rings (SSSR count). The highest BCUT2D eigenvalue weighted by molar-refractivity contribution is 6.02. The number of hydrogen-bond donors (Lipinski definition) is 2. The Morgan fingerprint density at radius 3 is 2.11 bits per heavy atom. The number of ether oxygens (including phenoxy) is 1. The summed E-state index contributed by atoms with van der Waals surface area (Å²) in [6, 6.07) is 22.4. The molecule has 0 aromatic heterocycles. The average molecular weight is 362 g/mol. The second-order valence-electron chi connectivity index (χ2n) is 6.03. The van der Waals surface area contributed by atoms with Gasteiger partial charge in [-0.3, -0.25) is 0 Å². The Bertz CT molecular complexity index is 935. The van der Waals surface area contributed by atoms with Gasteiger partial charge in [-0.15, -0.1) is 0 Å². The maximum absolute atomic E-state index is 12.7. The zero-order chi connectivity index (χ0) is 19.2. The van der Waals surface area contributed by atoms with Gasteiger partial charge in [0.05, 0.1) is 11.1 Å². The molecule has 0 heterocycles. The van der Waals surface area contributed by atoms with Crippen molar-refractivity contribution < 1.29 is 24.5 Å². The first kappa shape index (κ1) is 18.2. The van der Waals surface area contributed by atoms with E-state index < -0.39 is 18.0 Å². The SMILES string of the molecule is O=C(O)c1cc(O)ccc1C(=O)OC(Cc1ccccc1)c1ccccc1. The van der Waals surface area contributed by atoms with Gasteiger partial charge in [0.15, 0.2) is 0 Å². The van der Waals surface area contributed by atoms with Crippen LogP contribution < -0.4 is 0 Å². The number of carbonyl (C=O) groups excluding carboxylic acids is 1. The summed E-state index contributed by atoms with van der Waals surface area (Å²) in [7, 11) is 0. The van der Waals surface area contributed by atoms with Crippen molar-refractivity contribution in [2.75, 3.05) is 0 Å². The van der Waals surface area contributed by atoms with E-state index in [-0.39, 0.29) is 16.9 Å². The number of benzene rings is 3. The van der Waals surface area contributed by atoms with Crippen LogP contribution in [0.5, 0.6) is 5.75 Å². The Kier molecular flexibility index (Phi) is 5.52. The predicted octanol–water partition coefficient (Wildman–Crippen LogP) is 4.23. The van der Waals surface area contributed by atoms with Gasteiger partial charge in [-0.2, -0.15) is 0 Å². The number of aromatic carboxylic acids is 1. The van der Waals surface area contributed by atoms with E-state index >= 15 is 0 Å². The molecule has 0 fully saturated rings. The van der Waals surface area contributed by atoms with Gasteiger partial charge in [-0.1, -0.05) is 60.7 Å². The number of carboxylic acids is 1. The van der Waals surface area contributed by atoms with Crippen LogP contribution in [0.3, 0.4) is 0 Å². The number of aromatic hydroxyl groups is 1. The number of carbonyl (C=O) groups is 2. The zero-order valence-corrected chi connectivity index (χ0v) is 14.4. The maximum Gasteiger partial charge on any atom is 0.339 e. The van der Waals surface area contributed by atoms with Crippen molar-refractivity contribution in [1.82, 2.24) is 0 Å². The fourth-order valence-electron chi connectivity index (χ4n) is 2.80. The van der Waals surface area contributed by atoms with Gasteiger partial charge in [0.1, 0.15) is 11.9 Å². The Morgan fingerprint density at radius 1 is 0.852 bits per heavy atom. The molecule has 2 N–H and O–H groups in total. The summed E-state index contributed by atoms with van der Waals surface area (Å²) in [5, 5.41) is 18.8. The van der Waals surface area contributed by atoms with Gasteiger partial charge < -0.3 is 14.9 Å². The third-order valence-electron chi connectivity index (χ3n) is 4.14. The van der Waals surface area contributed by atoms with E-state index in [0.29, 0.717) is 6.42 Å². The molecule has 3 aromatic rings. The van der Waals surface area contributed by atoms with E-state index in [2.05, 4.69) is 0 Å². The molecule has 27 heavy (non-hydrogen) atoms. The Morgan fingerprint density at radius 2 is 1.48 bits per heavy atom.